The minimum Gasteiger partial charge on any atom is -0.496 e. The maximum atomic E-state index is 5.74. The normalized spacial score (nSPS) is 10.6. The third kappa shape index (κ3) is 2.90. The summed E-state index contributed by atoms with van der Waals surface area (Å²) < 4.78 is 11.0. The molecule has 1 heterocycles. The van der Waals surface area contributed by atoms with E-state index in [1.165, 1.54) is 0 Å². The molecule has 18 heavy (non-hydrogen) atoms. The van der Waals surface area contributed by atoms with Gasteiger partial charge in [0.05, 0.1) is 18.9 Å². The molecule has 0 aliphatic rings. The Bertz CT molecular complexity index is 494. The van der Waals surface area contributed by atoms with Crippen LogP contribution in [0.4, 0.5) is 0 Å². The van der Waals surface area contributed by atoms with Crippen LogP contribution in [-0.2, 0) is 6.42 Å². The van der Waals surface area contributed by atoms with Crippen molar-refractivity contribution < 1.29 is 9.15 Å². The first-order valence-electron chi connectivity index (χ1n) is 6.08. The van der Waals surface area contributed by atoms with Crippen molar-refractivity contribution in [3.05, 3.63) is 36.2 Å². The highest BCUT2D eigenvalue weighted by atomic mass is 16.5. The lowest BCUT2D eigenvalue weighted by Gasteiger charge is -2.03. The molecule has 2 aromatic rings. The second-order valence-corrected chi connectivity index (χ2v) is 4.04. The lowest BCUT2D eigenvalue weighted by Crippen LogP contribution is -2.08. The first kappa shape index (κ1) is 12.6. The summed E-state index contributed by atoms with van der Waals surface area (Å²) >= 11 is 0. The largest absolute Gasteiger partial charge is 0.496 e. The van der Waals surface area contributed by atoms with Crippen LogP contribution in [0.3, 0.4) is 0 Å². The molecule has 0 saturated carbocycles. The summed E-state index contributed by atoms with van der Waals surface area (Å²) in [5.41, 5.74) is 0.889. The van der Waals surface area contributed by atoms with E-state index in [0.717, 1.165) is 36.5 Å². The number of nitrogens with one attached hydrogen (secondary N) is 1. The Balaban J connectivity index is 2.13. The number of methoxy groups -OCH3 is 1. The van der Waals surface area contributed by atoms with Crippen LogP contribution in [0.5, 0.6) is 5.75 Å². The van der Waals surface area contributed by atoms with Gasteiger partial charge in [0.25, 0.3) is 0 Å². The predicted octanol–water partition coefficient (Wildman–Crippen LogP) is 2.50. The van der Waals surface area contributed by atoms with E-state index in [0.29, 0.717) is 5.89 Å². The Morgan fingerprint density at radius 3 is 2.94 bits per heavy atom. The van der Waals surface area contributed by atoms with Crippen LogP contribution in [0.25, 0.3) is 11.5 Å². The monoisotopic (exact) mass is 246 g/mol. The molecule has 96 valence electrons. The average molecular weight is 246 g/mol. The Morgan fingerprint density at radius 2 is 2.17 bits per heavy atom. The Labute approximate surface area is 107 Å². The minimum atomic E-state index is 0.618. The zero-order valence-electron chi connectivity index (χ0n) is 10.8. The number of ether oxygens (including phenoxy) is 1. The van der Waals surface area contributed by atoms with Crippen LogP contribution < -0.4 is 10.1 Å². The maximum absolute atomic E-state index is 5.74. The van der Waals surface area contributed by atoms with Gasteiger partial charge in [0.15, 0.2) is 0 Å². The van der Waals surface area contributed by atoms with Gasteiger partial charge in [-0.3, -0.25) is 0 Å². The fraction of sp³-hybridized carbons (Fsp3) is 0.357. The number of aryl methyl sites for hydroxylation is 1. The molecule has 0 spiro atoms. The van der Waals surface area contributed by atoms with Crippen LogP contribution in [0.2, 0.25) is 0 Å². The van der Waals surface area contributed by atoms with E-state index in [9.17, 15) is 0 Å². The Hall–Kier alpha value is -1.81. The molecule has 0 fully saturated rings. The van der Waals surface area contributed by atoms with Crippen molar-refractivity contribution in [3.8, 4) is 17.2 Å². The molecule has 1 aromatic heterocycles. The highest BCUT2D eigenvalue weighted by Gasteiger charge is 2.10. The van der Waals surface area contributed by atoms with Gasteiger partial charge in [-0.25, -0.2) is 4.98 Å². The number of rotatable bonds is 6. The number of oxazole rings is 1. The second kappa shape index (κ2) is 6.21. The molecule has 0 aliphatic heterocycles. The van der Waals surface area contributed by atoms with E-state index in [1.54, 1.807) is 13.3 Å². The van der Waals surface area contributed by atoms with Gasteiger partial charge in [-0.2, -0.15) is 0 Å². The maximum Gasteiger partial charge on any atom is 0.229 e. The summed E-state index contributed by atoms with van der Waals surface area (Å²) in [6, 6.07) is 7.73. The van der Waals surface area contributed by atoms with Crippen LogP contribution >= 0.6 is 0 Å². The van der Waals surface area contributed by atoms with Crippen molar-refractivity contribution in [1.29, 1.82) is 0 Å². The molecule has 0 aliphatic carbocycles. The topological polar surface area (TPSA) is 47.3 Å². The molecule has 2 rings (SSSR count). The summed E-state index contributed by atoms with van der Waals surface area (Å²) in [5.74, 6) is 2.30. The van der Waals surface area contributed by atoms with E-state index in [2.05, 4.69) is 10.3 Å². The molecule has 0 saturated heterocycles. The van der Waals surface area contributed by atoms with Gasteiger partial charge in [0.1, 0.15) is 11.5 Å². The predicted molar refractivity (Wildman–Crippen MR) is 70.7 cm³/mol. The fourth-order valence-corrected chi connectivity index (χ4v) is 1.81. The van der Waals surface area contributed by atoms with E-state index in [4.69, 9.17) is 9.15 Å². The minimum absolute atomic E-state index is 0.618. The quantitative estimate of drug-likeness (QED) is 0.795. The fourth-order valence-electron chi connectivity index (χ4n) is 1.81. The first-order valence-corrected chi connectivity index (χ1v) is 6.08. The molecule has 0 unspecified atom stereocenters. The first-order chi connectivity index (χ1) is 8.85. The molecular weight excluding hydrogens is 228 g/mol. The van der Waals surface area contributed by atoms with Crippen LogP contribution in [0, 0.1) is 0 Å². The van der Waals surface area contributed by atoms with Crippen LogP contribution in [0.1, 0.15) is 12.2 Å². The van der Waals surface area contributed by atoms with Crippen molar-refractivity contribution >= 4 is 0 Å². The number of para-hydroxylation sites is 1. The molecule has 0 atom stereocenters. The molecule has 1 N–H and O–H groups in total. The van der Waals surface area contributed by atoms with Crippen molar-refractivity contribution in [2.45, 2.75) is 12.8 Å². The highest BCUT2D eigenvalue weighted by molar-refractivity contribution is 5.62. The standard InChI is InChI=1S/C14H18N2O2/c1-15-9-5-6-11-10-16-14(18-11)12-7-3-4-8-13(12)17-2/h3-4,7-8,10,15H,5-6,9H2,1-2H3. The number of aromatic nitrogens is 1. The molecule has 4 nitrogen and oxygen atoms in total. The summed E-state index contributed by atoms with van der Waals surface area (Å²) in [6.07, 6.45) is 3.72. The van der Waals surface area contributed by atoms with Gasteiger partial charge in [0, 0.05) is 6.42 Å². The number of hydrogen-bond acceptors (Lipinski definition) is 4. The molecule has 4 heteroatoms. The zero-order valence-corrected chi connectivity index (χ0v) is 10.8. The van der Waals surface area contributed by atoms with Gasteiger partial charge < -0.3 is 14.5 Å². The number of hydrogen-bond donors (Lipinski definition) is 1. The molecule has 0 radical (unpaired) electrons. The van der Waals surface area contributed by atoms with Gasteiger partial charge in [-0.05, 0) is 32.1 Å². The number of nitrogens with zero attached hydrogens (tertiary/aromatic N) is 1. The third-order valence-corrected chi connectivity index (χ3v) is 2.74. The van der Waals surface area contributed by atoms with E-state index >= 15 is 0 Å². The van der Waals surface area contributed by atoms with E-state index < -0.39 is 0 Å². The molecule has 0 amide bonds. The molecule has 0 bridgehead atoms. The number of benzene rings is 1. The highest BCUT2D eigenvalue weighted by Crippen LogP contribution is 2.29. The molecular formula is C14H18N2O2. The molecule has 1 aromatic carbocycles. The lowest BCUT2D eigenvalue weighted by atomic mass is 10.2. The van der Waals surface area contributed by atoms with Crippen LogP contribution in [0.15, 0.2) is 34.9 Å². The van der Waals surface area contributed by atoms with E-state index in [1.807, 2.05) is 31.3 Å². The van der Waals surface area contributed by atoms with Crippen molar-refractivity contribution in [2.24, 2.45) is 0 Å². The average Bonchev–Trinajstić information content (AvgIpc) is 2.88. The van der Waals surface area contributed by atoms with Gasteiger partial charge in [-0.15, -0.1) is 0 Å². The van der Waals surface area contributed by atoms with Crippen molar-refractivity contribution in [3.63, 3.8) is 0 Å². The smallest absolute Gasteiger partial charge is 0.229 e. The lowest BCUT2D eigenvalue weighted by molar-refractivity contribution is 0.413. The summed E-state index contributed by atoms with van der Waals surface area (Å²) in [6.45, 7) is 0.977. The Kier molecular flexibility index (Phi) is 4.36. The summed E-state index contributed by atoms with van der Waals surface area (Å²) in [5, 5.41) is 3.11. The van der Waals surface area contributed by atoms with Crippen molar-refractivity contribution in [1.82, 2.24) is 10.3 Å². The summed E-state index contributed by atoms with van der Waals surface area (Å²) in [7, 11) is 3.59. The zero-order chi connectivity index (χ0) is 12.8. The second-order valence-electron chi connectivity index (χ2n) is 4.04. The van der Waals surface area contributed by atoms with Crippen molar-refractivity contribution in [2.75, 3.05) is 20.7 Å². The van der Waals surface area contributed by atoms with Gasteiger partial charge in [-0.1, -0.05) is 12.1 Å². The van der Waals surface area contributed by atoms with Crippen LogP contribution in [-0.4, -0.2) is 25.7 Å². The van der Waals surface area contributed by atoms with E-state index in [-0.39, 0.29) is 0 Å². The van der Waals surface area contributed by atoms with Gasteiger partial charge in [0.2, 0.25) is 5.89 Å². The third-order valence-electron chi connectivity index (χ3n) is 2.74. The SMILES string of the molecule is CNCCCc1cnc(-c2ccccc2OC)o1. The summed E-state index contributed by atoms with van der Waals surface area (Å²) in [4.78, 5) is 4.31. The Morgan fingerprint density at radius 1 is 1.33 bits per heavy atom. The van der Waals surface area contributed by atoms with Gasteiger partial charge >= 0.3 is 0 Å².